The van der Waals surface area contributed by atoms with Crippen molar-refractivity contribution in [3.05, 3.63) is 62.1 Å². The van der Waals surface area contributed by atoms with Crippen LogP contribution in [0.15, 0.2) is 36.4 Å². The minimum Gasteiger partial charge on any atom is -0.369 e. The zero-order chi connectivity index (χ0) is 16.8. The third-order valence-electron chi connectivity index (χ3n) is 3.97. The number of anilines is 1. The van der Waals surface area contributed by atoms with Crippen LogP contribution in [0.1, 0.15) is 5.56 Å². The fourth-order valence-electron chi connectivity index (χ4n) is 2.90. The highest BCUT2D eigenvalue weighted by molar-refractivity contribution is 6.36. The summed E-state index contributed by atoms with van der Waals surface area (Å²) in [7, 11) is 0. The van der Waals surface area contributed by atoms with E-state index < -0.39 is 0 Å². The molecule has 1 aliphatic rings. The average molecular weight is 399 g/mol. The Hall–Kier alpha value is -1.39. The molecule has 0 amide bonds. The fourth-order valence-corrected chi connectivity index (χ4v) is 3.77. The van der Waals surface area contributed by atoms with E-state index >= 15 is 0 Å². The molecule has 0 spiro atoms. The van der Waals surface area contributed by atoms with Gasteiger partial charge in [-0.25, -0.2) is 4.68 Å². The third kappa shape index (κ3) is 2.66. The van der Waals surface area contributed by atoms with Gasteiger partial charge >= 0.3 is 0 Å². The average Bonchev–Trinajstić information content (AvgIpc) is 3.13. The number of benzene rings is 2. The molecule has 24 heavy (non-hydrogen) atoms. The molecule has 0 aliphatic carbocycles. The lowest BCUT2D eigenvalue weighted by molar-refractivity contribution is 0.883. The first-order valence-electron chi connectivity index (χ1n) is 7.31. The highest BCUT2D eigenvalue weighted by atomic mass is 35.5. The van der Waals surface area contributed by atoms with Crippen LogP contribution >= 0.6 is 46.4 Å². The molecule has 3 aromatic rings. The van der Waals surface area contributed by atoms with E-state index in [9.17, 15) is 0 Å². The Bertz CT molecular complexity index is 949. The van der Waals surface area contributed by atoms with E-state index in [2.05, 4.69) is 5.32 Å². The van der Waals surface area contributed by atoms with Gasteiger partial charge in [0.1, 0.15) is 5.82 Å². The van der Waals surface area contributed by atoms with Crippen LogP contribution in [-0.4, -0.2) is 16.3 Å². The SMILES string of the molecule is Clc1ccc(-n2nc(-c3cc(Cl)ccc3Cl)c3c2NCC3)c(Cl)c1. The van der Waals surface area contributed by atoms with E-state index in [0.717, 1.165) is 41.3 Å². The molecule has 1 N–H and O–H groups in total. The van der Waals surface area contributed by atoms with Gasteiger partial charge in [-0.1, -0.05) is 46.4 Å². The van der Waals surface area contributed by atoms with Crippen molar-refractivity contribution in [2.75, 3.05) is 11.9 Å². The summed E-state index contributed by atoms with van der Waals surface area (Å²) in [5, 5.41) is 10.5. The van der Waals surface area contributed by atoms with Crippen LogP contribution in [0.2, 0.25) is 20.1 Å². The molecule has 0 fully saturated rings. The summed E-state index contributed by atoms with van der Waals surface area (Å²) in [6.07, 6.45) is 0.860. The zero-order valence-electron chi connectivity index (χ0n) is 12.3. The lowest BCUT2D eigenvalue weighted by Crippen LogP contribution is -2.04. The Balaban J connectivity index is 1.94. The molecular weight excluding hydrogens is 388 g/mol. The smallest absolute Gasteiger partial charge is 0.133 e. The van der Waals surface area contributed by atoms with Gasteiger partial charge in [-0.3, -0.25) is 0 Å². The lowest BCUT2D eigenvalue weighted by atomic mass is 10.1. The second-order valence-corrected chi connectivity index (χ2v) is 7.17. The topological polar surface area (TPSA) is 29.9 Å². The van der Waals surface area contributed by atoms with Crippen LogP contribution in [0, 0.1) is 0 Å². The van der Waals surface area contributed by atoms with E-state index in [1.54, 1.807) is 28.9 Å². The van der Waals surface area contributed by atoms with Crippen LogP contribution in [0.25, 0.3) is 16.9 Å². The number of aromatic nitrogens is 2. The van der Waals surface area contributed by atoms with Gasteiger partial charge in [0.15, 0.2) is 0 Å². The van der Waals surface area contributed by atoms with Crippen LogP contribution in [-0.2, 0) is 6.42 Å². The molecule has 0 radical (unpaired) electrons. The monoisotopic (exact) mass is 397 g/mol. The Kier molecular flexibility index (Phi) is 4.13. The van der Waals surface area contributed by atoms with E-state index in [1.165, 1.54) is 0 Å². The van der Waals surface area contributed by atoms with E-state index in [4.69, 9.17) is 51.5 Å². The molecule has 3 nitrogen and oxygen atoms in total. The van der Waals surface area contributed by atoms with Gasteiger partial charge in [0.05, 0.1) is 21.4 Å². The highest BCUT2D eigenvalue weighted by Crippen LogP contribution is 2.39. The standard InChI is InChI=1S/C17H11Cl4N3/c18-9-1-3-13(20)12(7-9)16-11-5-6-22-17(11)24(23-16)15-4-2-10(19)8-14(15)21/h1-4,7-8,22H,5-6H2. The van der Waals surface area contributed by atoms with E-state index in [-0.39, 0.29) is 0 Å². The van der Waals surface area contributed by atoms with Crippen LogP contribution in [0.4, 0.5) is 5.82 Å². The Labute approximate surface area is 159 Å². The molecule has 2 aromatic carbocycles. The molecule has 122 valence electrons. The summed E-state index contributed by atoms with van der Waals surface area (Å²) in [5.41, 5.74) is 3.49. The van der Waals surface area contributed by atoms with Crippen molar-refractivity contribution in [2.45, 2.75) is 6.42 Å². The summed E-state index contributed by atoms with van der Waals surface area (Å²) >= 11 is 24.9. The zero-order valence-corrected chi connectivity index (χ0v) is 15.3. The van der Waals surface area contributed by atoms with Gasteiger partial charge in [0.2, 0.25) is 0 Å². The second-order valence-electron chi connectivity index (χ2n) is 5.48. The van der Waals surface area contributed by atoms with Crippen molar-refractivity contribution in [1.29, 1.82) is 0 Å². The van der Waals surface area contributed by atoms with Crippen molar-refractivity contribution in [3.63, 3.8) is 0 Å². The predicted octanol–water partition coefficient (Wildman–Crippen LogP) is 6.12. The van der Waals surface area contributed by atoms with Gasteiger partial charge < -0.3 is 5.32 Å². The first-order chi connectivity index (χ1) is 11.5. The van der Waals surface area contributed by atoms with Crippen molar-refractivity contribution < 1.29 is 0 Å². The minimum absolute atomic E-state index is 0.533. The highest BCUT2D eigenvalue weighted by Gasteiger charge is 2.26. The fraction of sp³-hybridized carbons (Fsp3) is 0.118. The summed E-state index contributed by atoms with van der Waals surface area (Å²) in [6.45, 7) is 0.837. The number of fused-ring (bicyclic) bond motifs is 1. The maximum Gasteiger partial charge on any atom is 0.133 e. The Morgan fingerprint density at radius 3 is 2.46 bits per heavy atom. The Morgan fingerprint density at radius 2 is 1.67 bits per heavy atom. The molecule has 0 unspecified atom stereocenters. The van der Waals surface area contributed by atoms with Gasteiger partial charge in [0.25, 0.3) is 0 Å². The van der Waals surface area contributed by atoms with Crippen molar-refractivity contribution in [1.82, 2.24) is 9.78 Å². The molecule has 0 saturated carbocycles. The predicted molar refractivity (Wildman–Crippen MR) is 101 cm³/mol. The van der Waals surface area contributed by atoms with Gasteiger partial charge in [-0.15, -0.1) is 0 Å². The summed E-state index contributed by atoms with van der Waals surface area (Å²) in [5.74, 6) is 0.922. The minimum atomic E-state index is 0.533. The number of halogens is 4. The van der Waals surface area contributed by atoms with Gasteiger partial charge in [-0.2, -0.15) is 5.10 Å². The summed E-state index contributed by atoms with van der Waals surface area (Å²) in [6, 6.07) is 10.7. The van der Waals surface area contributed by atoms with Gasteiger partial charge in [0, 0.05) is 27.7 Å². The van der Waals surface area contributed by atoms with Gasteiger partial charge in [-0.05, 0) is 42.8 Å². The molecule has 0 bridgehead atoms. The lowest BCUT2D eigenvalue weighted by Gasteiger charge is -2.08. The third-order valence-corrected chi connectivity index (χ3v) is 5.07. The molecule has 4 rings (SSSR count). The van der Waals surface area contributed by atoms with E-state index in [0.29, 0.717) is 20.1 Å². The second kappa shape index (κ2) is 6.16. The summed E-state index contributed by atoms with van der Waals surface area (Å²) in [4.78, 5) is 0. The largest absolute Gasteiger partial charge is 0.369 e. The molecule has 0 saturated heterocycles. The first-order valence-corrected chi connectivity index (χ1v) is 8.82. The van der Waals surface area contributed by atoms with Crippen LogP contribution in [0.3, 0.4) is 0 Å². The van der Waals surface area contributed by atoms with E-state index in [1.807, 2.05) is 12.1 Å². The maximum atomic E-state index is 6.37. The van der Waals surface area contributed by atoms with Crippen molar-refractivity contribution in [2.24, 2.45) is 0 Å². The normalized spacial score (nSPS) is 13.0. The number of rotatable bonds is 2. The molecular formula is C17H11Cl4N3. The summed E-state index contributed by atoms with van der Waals surface area (Å²) < 4.78 is 1.80. The van der Waals surface area contributed by atoms with Crippen molar-refractivity contribution in [3.8, 4) is 16.9 Å². The molecule has 2 heterocycles. The van der Waals surface area contributed by atoms with Crippen LogP contribution in [0.5, 0.6) is 0 Å². The number of hydrogen-bond donors (Lipinski definition) is 1. The Morgan fingerprint density at radius 1 is 0.917 bits per heavy atom. The van der Waals surface area contributed by atoms with Crippen LogP contribution < -0.4 is 5.32 Å². The first kappa shape index (κ1) is 16.1. The molecule has 1 aromatic heterocycles. The number of nitrogens with one attached hydrogen (secondary N) is 1. The number of nitrogens with zero attached hydrogens (tertiary/aromatic N) is 2. The van der Waals surface area contributed by atoms with Crippen molar-refractivity contribution >= 4 is 52.2 Å². The molecule has 0 atom stereocenters. The number of hydrogen-bond acceptors (Lipinski definition) is 2. The maximum absolute atomic E-state index is 6.37. The molecule has 7 heteroatoms. The molecule has 1 aliphatic heterocycles. The quantitative estimate of drug-likeness (QED) is 0.563.